The second-order valence-corrected chi connectivity index (χ2v) is 7.15. The van der Waals surface area contributed by atoms with Crippen LogP contribution in [0.5, 0.6) is 0 Å². The number of pyridine rings is 1. The zero-order chi connectivity index (χ0) is 21.8. The van der Waals surface area contributed by atoms with E-state index in [0.717, 1.165) is 23.8 Å². The fourth-order valence-electron chi connectivity index (χ4n) is 3.22. The predicted molar refractivity (Wildman–Crippen MR) is 113 cm³/mol. The number of benzene rings is 1. The highest BCUT2D eigenvalue weighted by atomic mass is 19.1. The Labute approximate surface area is 177 Å². The Morgan fingerprint density at radius 3 is 2.48 bits per heavy atom. The molecule has 2 amide bonds. The standard InChI is InChI=1S/C21H21F2N7O/c1-14-6-7-24-19(12-14)26-18-4-5-20(28-27-18)29-8-10-30(11-9-29)21(31)25-17-13-15(22)2-3-16(17)23/h2-7,12-13H,8-11H2,1H3,(H,25,31)(H,24,26,27). The highest BCUT2D eigenvalue weighted by molar-refractivity contribution is 5.89. The predicted octanol–water partition coefficient (Wildman–Crippen LogP) is 3.56. The van der Waals surface area contributed by atoms with Crippen LogP contribution in [0.3, 0.4) is 0 Å². The van der Waals surface area contributed by atoms with Crippen molar-refractivity contribution in [3.8, 4) is 0 Å². The number of aryl methyl sites for hydroxylation is 1. The first-order valence-electron chi connectivity index (χ1n) is 9.77. The van der Waals surface area contributed by atoms with Crippen molar-refractivity contribution >= 4 is 29.2 Å². The van der Waals surface area contributed by atoms with E-state index in [0.29, 0.717) is 43.6 Å². The summed E-state index contributed by atoms with van der Waals surface area (Å²) < 4.78 is 27.0. The van der Waals surface area contributed by atoms with Crippen LogP contribution < -0.4 is 15.5 Å². The molecule has 1 aliphatic rings. The fourth-order valence-corrected chi connectivity index (χ4v) is 3.22. The molecule has 4 rings (SSSR count). The number of nitrogens with one attached hydrogen (secondary N) is 2. The molecule has 0 bridgehead atoms. The summed E-state index contributed by atoms with van der Waals surface area (Å²) in [4.78, 5) is 20.2. The fraction of sp³-hybridized carbons (Fsp3) is 0.238. The van der Waals surface area contributed by atoms with Gasteiger partial charge in [0.05, 0.1) is 5.69 Å². The number of carbonyl (C=O) groups excluding carboxylic acids is 1. The molecule has 0 spiro atoms. The lowest BCUT2D eigenvalue weighted by atomic mass is 10.3. The summed E-state index contributed by atoms with van der Waals surface area (Å²) in [6, 6.07) is 9.96. The molecule has 160 valence electrons. The molecule has 8 nitrogen and oxygen atoms in total. The average molecular weight is 425 g/mol. The van der Waals surface area contributed by atoms with Gasteiger partial charge in [0.1, 0.15) is 17.5 Å². The van der Waals surface area contributed by atoms with E-state index in [9.17, 15) is 13.6 Å². The Morgan fingerprint density at radius 2 is 1.77 bits per heavy atom. The smallest absolute Gasteiger partial charge is 0.322 e. The first-order chi connectivity index (χ1) is 15.0. The number of aromatic nitrogens is 3. The summed E-state index contributed by atoms with van der Waals surface area (Å²) in [6.45, 7) is 3.89. The van der Waals surface area contributed by atoms with Gasteiger partial charge in [-0.3, -0.25) is 0 Å². The van der Waals surface area contributed by atoms with Gasteiger partial charge in [-0.15, -0.1) is 10.2 Å². The monoisotopic (exact) mass is 425 g/mol. The molecule has 1 aliphatic heterocycles. The van der Waals surface area contributed by atoms with Crippen molar-refractivity contribution in [2.75, 3.05) is 41.7 Å². The molecule has 1 fully saturated rings. The second-order valence-electron chi connectivity index (χ2n) is 7.15. The molecule has 1 aromatic carbocycles. The summed E-state index contributed by atoms with van der Waals surface area (Å²) in [6.07, 6.45) is 1.72. The lowest BCUT2D eigenvalue weighted by Crippen LogP contribution is -2.50. The Kier molecular flexibility index (Phi) is 5.87. The third kappa shape index (κ3) is 5.03. The molecular weight excluding hydrogens is 404 g/mol. The van der Waals surface area contributed by atoms with Gasteiger partial charge in [0, 0.05) is 38.4 Å². The van der Waals surface area contributed by atoms with Crippen LogP contribution in [0.4, 0.5) is 36.7 Å². The highest BCUT2D eigenvalue weighted by Crippen LogP contribution is 2.19. The van der Waals surface area contributed by atoms with Crippen LogP contribution in [0.1, 0.15) is 5.56 Å². The molecule has 3 heterocycles. The maximum Gasteiger partial charge on any atom is 0.322 e. The lowest BCUT2D eigenvalue weighted by molar-refractivity contribution is 0.208. The van der Waals surface area contributed by atoms with Crippen LogP contribution in [-0.4, -0.2) is 52.3 Å². The van der Waals surface area contributed by atoms with E-state index in [4.69, 9.17) is 0 Å². The Hall–Kier alpha value is -3.82. The van der Waals surface area contributed by atoms with Crippen LogP contribution in [0.25, 0.3) is 0 Å². The zero-order valence-corrected chi connectivity index (χ0v) is 16.8. The third-order valence-corrected chi connectivity index (χ3v) is 4.88. The number of anilines is 4. The van der Waals surface area contributed by atoms with E-state index in [1.165, 1.54) is 0 Å². The minimum atomic E-state index is -0.682. The van der Waals surface area contributed by atoms with Gasteiger partial charge in [0.25, 0.3) is 0 Å². The van der Waals surface area contributed by atoms with Crippen LogP contribution in [0.2, 0.25) is 0 Å². The van der Waals surface area contributed by atoms with Gasteiger partial charge in [-0.25, -0.2) is 18.6 Å². The maximum absolute atomic E-state index is 13.7. The normalized spacial score (nSPS) is 13.8. The van der Waals surface area contributed by atoms with Crippen molar-refractivity contribution in [3.05, 3.63) is 65.9 Å². The molecule has 0 saturated carbocycles. The van der Waals surface area contributed by atoms with Crippen molar-refractivity contribution in [2.24, 2.45) is 0 Å². The maximum atomic E-state index is 13.7. The van der Waals surface area contributed by atoms with Crippen LogP contribution in [-0.2, 0) is 0 Å². The van der Waals surface area contributed by atoms with E-state index >= 15 is 0 Å². The molecule has 0 radical (unpaired) electrons. The largest absolute Gasteiger partial charge is 0.352 e. The molecule has 2 N–H and O–H groups in total. The summed E-state index contributed by atoms with van der Waals surface area (Å²) in [5.74, 6) is 0.668. The molecule has 1 saturated heterocycles. The van der Waals surface area contributed by atoms with Gasteiger partial charge in [0.15, 0.2) is 11.6 Å². The molecule has 10 heteroatoms. The second kappa shape index (κ2) is 8.90. The molecule has 0 unspecified atom stereocenters. The van der Waals surface area contributed by atoms with Crippen LogP contribution >= 0.6 is 0 Å². The number of hydrogen-bond donors (Lipinski definition) is 2. The summed E-state index contributed by atoms with van der Waals surface area (Å²) in [5.41, 5.74) is 0.911. The third-order valence-electron chi connectivity index (χ3n) is 4.88. The summed E-state index contributed by atoms with van der Waals surface area (Å²) in [5, 5.41) is 14.0. The first-order valence-corrected chi connectivity index (χ1v) is 9.77. The number of hydrogen-bond acceptors (Lipinski definition) is 6. The number of amides is 2. The zero-order valence-electron chi connectivity index (χ0n) is 16.8. The highest BCUT2D eigenvalue weighted by Gasteiger charge is 2.23. The Balaban J connectivity index is 1.32. The van der Waals surface area contributed by atoms with E-state index < -0.39 is 17.7 Å². The van der Waals surface area contributed by atoms with E-state index in [2.05, 4.69) is 25.8 Å². The van der Waals surface area contributed by atoms with Crippen molar-refractivity contribution in [1.29, 1.82) is 0 Å². The number of piperazine rings is 1. The molecule has 2 aromatic heterocycles. The number of halogens is 2. The molecule has 0 aliphatic carbocycles. The number of nitrogens with zero attached hydrogens (tertiary/aromatic N) is 5. The van der Waals surface area contributed by atoms with Gasteiger partial charge in [0.2, 0.25) is 0 Å². The number of carbonyl (C=O) groups is 1. The molecular formula is C21H21F2N7O. The quantitative estimate of drug-likeness (QED) is 0.665. The van der Waals surface area contributed by atoms with Crippen LogP contribution in [0, 0.1) is 18.6 Å². The minimum absolute atomic E-state index is 0.176. The first kappa shape index (κ1) is 20.5. The Bertz CT molecular complexity index is 1070. The van der Waals surface area contributed by atoms with Crippen molar-refractivity contribution < 1.29 is 13.6 Å². The van der Waals surface area contributed by atoms with Crippen molar-refractivity contribution in [1.82, 2.24) is 20.1 Å². The van der Waals surface area contributed by atoms with Gasteiger partial charge in [-0.2, -0.15) is 0 Å². The van der Waals surface area contributed by atoms with Gasteiger partial charge in [-0.1, -0.05) is 0 Å². The molecule has 31 heavy (non-hydrogen) atoms. The average Bonchev–Trinajstić information content (AvgIpc) is 2.77. The minimum Gasteiger partial charge on any atom is -0.352 e. The van der Waals surface area contributed by atoms with Gasteiger partial charge in [-0.05, 0) is 48.9 Å². The SMILES string of the molecule is Cc1ccnc(Nc2ccc(N3CCN(C(=O)Nc4cc(F)ccc4F)CC3)nn2)c1. The van der Waals surface area contributed by atoms with E-state index in [1.807, 2.05) is 36.1 Å². The summed E-state index contributed by atoms with van der Waals surface area (Å²) >= 11 is 0. The Morgan fingerprint density at radius 1 is 0.968 bits per heavy atom. The van der Waals surface area contributed by atoms with E-state index in [-0.39, 0.29) is 5.69 Å². The molecule has 0 atom stereocenters. The van der Waals surface area contributed by atoms with Crippen LogP contribution in [0.15, 0.2) is 48.7 Å². The van der Waals surface area contributed by atoms with Crippen molar-refractivity contribution in [2.45, 2.75) is 6.92 Å². The van der Waals surface area contributed by atoms with Crippen molar-refractivity contribution in [3.63, 3.8) is 0 Å². The lowest BCUT2D eigenvalue weighted by Gasteiger charge is -2.35. The summed E-state index contributed by atoms with van der Waals surface area (Å²) in [7, 11) is 0. The molecule has 3 aromatic rings. The topological polar surface area (TPSA) is 86.3 Å². The number of urea groups is 1. The van der Waals surface area contributed by atoms with Gasteiger partial charge < -0.3 is 20.4 Å². The van der Waals surface area contributed by atoms with E-state index in [1.54, 1.807) is 11.1 Å². The number of rotatable bonds is 4. The van der Waals surface area contributed by atoms with Gasteiger partial charge >= 0.3 is 6.03 Å².